The predicted octanol–water partition coefficient (Wildman–Crippen LogP) is 6.67. The molecule has 0 atom stereocenters. The molecule has 1 aliphatic rings. The number of amides is 3. The first-order chi connectivity index (χ1) is 21.6. The molecular weight excluding hydrogens is 606 g/mol. The Balaban J connectivity index is 1.26. The third-order valence-corrected chi connectivity index (χ3v) is 9.36. The average Bonchev–Trinajstić information content (AvgIpc) is 3.54. The summed E-state index contributed by atoms with van der Waals surface area (Å²) in [6.07, 6.45) is 2.07. The third kappa shape index (κ3) is 7.18. The lowest BCUT2D eigenvalue weighted by molar-refractivity contribution is 0.0685. The molecule has 11 nitrogen and oxygen atoms in total. The molecule has 0 aliphatic carbocycles. The van der Waals surface area contributed by atoms with Crippen LogP contribution in [0.1, 0.15) is 72.3 Å². The molecule has 2 aromatic carbocycles. The van der Waals surface area contributed by atoms with Crippen LogP contribution in [0, 0.1) is 26.7 Å². The molecule has 4 aromatic rings. The molecule has 1 saturated heterocycles. The molecule has 0 bridgehead atoms. The number of aryl methyl sites for hydroxylation is 3. The second kappa shape index (κ2) is 12.8. The van der Waals surface area contributed by atoms with Gasteiger partial charge in [-0.1, -0.05) is 56.7 Å². The van der Waals surface area contributed by atoms with Gasteiger partial charge in [0, 0.05) is 30.3 Å². The molecule has 1 aliphatic heterocycles. The van der Waals surface area contributed by atoms with E-state index >= 15 is 0 Å². The van der Waals surface area contributed by atoms with E-state index in [1.807, 2.05) is 61.5 Å². The summed E-state index contributed by atoms with van der Waals surface area (Å²) < 4.78 is 40.7. The number of carbonyl (C=O) groups excluding carboxylic acids is 2. The summed E-state index contributed by atoms with van der Waals surface area (Å²) >= 11 is 0. The van der Waals surface area contributed by atoms with E-state index in [1.165, 1.54) is 13.8 Å². The summed E-state index contributed by atoms with van der Waals surface area (Å²) in [6, 6.07) is 17.1. The quantitative estimate of drug-likeness (QED) is 0.190. The monoisotopic (exact) mass is 647 g/mol. The number of hydrogen-bond acceptors (Lipinski definition) is 6. The van der Waals surface area contributed by atoms with E-state index in [2.05, 4.69) is 31.4 Å². The SMILES string of the molecule is Cc1ccc(-n2nc(C(C)(C)C)cc2NC(=O)Nc2ccccc2CC2CCN(C(=O)c3c(C)oc(C)c3S(=O)(=O)O)CC2)cc1. The van der Waals surface area contributed by atoms with Gasteiger partial charge >= 0.3 is 6.03 Å². The molecule has 12 heteroatoms. The zero-order valence-electron chi connectivity index (χ0n) is 27.0. The van der Waals surface area contributed by atoms with Crippen LogP contribution in [0.5, 0.6) is 0 Å². The molecule has 46 heavy (non-hydrogen) atoms. The van der Waals surface area contributed by atoms with Gasteiger partial charge in [0.1, 0.15) is 27.8 Å². The Hall–Kier alpha value is -4.42. The Bertz CT molecular complexity index is 1860. The summed E-state index contributed by atoms with van der Waals surface area (Å²) in [6.45, 7) is 12.0. The topological polar surface area (TPSA) is 147 Å². The highest BCUT2D eigenvalue weighted by Crippen LogP contribution is 2.31. The number of para-hydroxylation sites is 1. The first-order valence-electron chi connectivity index (χ1n) is 15.3. The molecule has 0 radical (unpaired) electrons. The number of nitrogens with one attached hydrogen (secondary N) is 2. The number of aromatic nitrogens is 2. The van der Waals surface area contributed by atoms with Gasteiger partial charge in [0.05, 0.1) is 11.4 Å². The van der Waals surface area contributed by atoms with Crippen LogP contribution in [0.15, 0.2) is 63.9 Å². The predicted molar refractivity (Wildman–Crippen MR) is 176 cm³/mol. The molecule has 2 aromatic heterocycles. The number of benzene rings is 2. The Morgan fingerprint density at radius 3 is 2.26 bits per heavy atom. The van der Waals surface area contributed by atoms with Crippen molar-refractivity contribution in [3.05, 3.63) is 88.5 Å². The minimum atomic E-state index is -4.62. The van der Waals surface area contributed by atoms with Gasteiger partial charge in [0.25, 0.3) is 16.0 Å². The number of urea groups is 1. The highest BCUT2D eigenvalue weighted by atomic mass is 32.2. The van der Waals surface area contributed by atoms with Crippen LogP contribution in [-0.4, -0.2) is 52.7 Å². The summed E-state index contributed by atoms with van der Waals surface area (Å²) in [5.41, 5.74) is 4.15. The zero-order valence-corrected chi connectivity index (χ0v) is 27.9. The van der Waals surface area contributed by atoms with E-state index in [0.717, 1.165) is 22.5 Å². The number of furan rings is 1. The lowest BCUT2D eigenvalue weighted by Gasteiger charge is -2.32. The Labute approximate surface area is 269 Å². The lowest BCUT2D eigenvalue weighted by atomic mass is 9.89. The Morgan fingerprint density at radius 1 is 0.978 bits per heavy atom. The van der Waals surface area contributed by atoms with Crippen LogP contribution < -0.4 is 10.6 Å². The number of piperidine rings is 1. The highest BCUT2D eigenvalue weighted by Gasteiger charge is 2.34. The number of nitrogens with zero attached hydrogens (tertiary/aromatic N) is 3. The van der Waals surface area contributed by atoms with Crippen molar-refractivity contribution < 1.29 is 27.0 Å². The number of likely N-dealkylation sites (tertiary alicyclic amines) is 1. The fraction of sp³-hybridized carbons (Fsp3) is 0.382. The molecule has 5 rings (SSSR count). The maximum atomic E-state index is 13.3. The van der Waals surface area contributed by atoms with Crippen LogP contribution in [0.25, 0.3) is 5.69 Å². The van der Waals surface area contributed by atoms with Gasteiger partial charge < -0.3 is 14.6 Å². The van der Waals surface area contributed by atoms with E-state index in [-0.39, 0.29) is 34.4 Å². The summed E-state index contributed by atoms with van der Waals surface area (Å²) in [5.74, 6) is 0.466. The van der Waals surface area contributed by atoms with Gasteiger partial charge in [-0.05, 0) is 69.7 Å². The normalized spacial score (nSPS) is 14.4. The second-order valence-corrected chi connectivity index (χ2v) is 14.3. The maximum absolute atomic E-state index is 13.3. The lowest BCUT2D eigenvalue weighted by Crippen LogP contribution is -2.39. The van der Waals surface area contributed by atoms with Crippen LogP contribution in [0.4, 0.5) is 16.3 Å². The van der Waals surface area contributed by atoms with Crippen molar-refractivity contribution in [1.82, 2.24) is 14.7 Å². The summed E-state index contributed by atoms with van der Waals surface area (Å²) in [4.78, 5) is 27.8. The molecule has 244 valence electrons. The van der Waals surface area contributed by atoms with Gasteiger partial charge in [-0.3, -0.25) is 14.7 Å². The van der Waals surface area contributed by atoms with Crippen LogP contribution in [0.2, 0.25) is 0 Å². The first kappa shape index (κ1) is 33.0. The number of carbonyl (C=O) groups is 2. The van der Waals surface area contributed by atoms with Crippen molar-refractivity contribution in [3.8, 4) is 5.69 Å². The molecule has 0 saturated carbocycles. The average molecular weight is 648 g/mol. The fourth-order valence-corrected chi connectivity index (χ4v) is 6.73. The van der Waals surface area contributed by atoms with Crippen LogP contribution in [0.3, 0.4) is 0 Å². The Kier molecular flexibility index (Phi) is 9.14. The van der Waals surface area contributed by atoms with Crippen molar-refractivity contribution in [3.63, 3.8) is 0 Å². The molecular formula is C34H41N5O6S. The first-order valence-corrected chi connectivity index (χ1v) is 16.8. The van der Waals surface area contributed by atoms with E-state index in [4.69, 9.17) is 9.52 Å². The third-order valence-electron chi connectivity index (χ3n) is 8.35. The minimum Gasteiger partial charge on any atom is -0.464 e. The molecule has 1 fully saturated rings. The molecule has 3 N–H and O–H groups in total. The van der Waals surface area contributed by atoms with E-state index < -0.39 is 20.9 Å². The number of anilines is 2. The molecule has 0 spiro atoms. The number of rotatable bonds is 7. The second-order valence-electron chi connectivity index (χ2n) is 13.0. The smallest absolute Gasteiger partial charge is 0.324 e. The highest BCUT2D eigenvalue weighted by molar-refractivity contribution is 7.86. The van der Waals surface area contributed by atoms with Gasteiger partial charge in [-0.15, -0.1) is 0 Å². The zero-order chi connectivity index (χ0) is 33.4. The largest absolute Gasteiger partial charge is 0.464 e. The molecule has 0 unspecified atom stereocenters. The van der Waals surface area contributed by atoms with Crippen molar-refractivity contribution >= 4 is 33.6 Å². The summed E-state index contributed by atoms with van der Waals surface area (Å²) in [5, 5.41) is 10.8. The van der Waals surface area contributed by atoms with Gasteiger partial charge in [0.2, 0.25) is 0 Å². The van der Waals surface area contributed by atoms with Crippen molar-refractivity contribution in [2.75, 3.05) is 23.7 Å². The van der Waals surface area contributed by atoms with Crippen molar-refractivity contribution in [2.45, 2.75) is 71.1 Å². The molecule has 3 amide bonds. The van der Waals surface area contributed by atoms with Crippen LogP contribution >= 0.6 is 0 Å². The maximum Gasteiger partial charge on any atom is 0.324 e. The minimum absolute atomic E-state index is 0.0133. The van der Waals surface area contributed by atoms with E-state index in [0.29, 0.717) is 43.9 Å². The fourth-order valence-electron chi connectivity index (χ4n) is 5.84. The van der Waals surface area contributed by atoms with Crippen molar-refractivity contribution in [1.29, 1.82) is 0 Å². The summed E-state index contributed by atoms with van der Waals surface area (Å²) in [7, 11) is -4.62. The Morgan fingerprint density at radius 2 is 1.63 bits per heavy atom. The van der Waals surface area contributed by atoms with E-state index in [9.17, 15) is 22.6 Å². The molecule has 3 heterocycles. The van der Waals surface area contributed by atoms with Gasteiger partial charge in [-0.2, -0.15) is 13.5 Å². The van der Waals surface area contributed by atoms with Crippen molar-refractivity contribution in [2.24, 2.45) is 5.92 Å². The van der Waals surface area contributed by atoms with Crippen LogP contribution in [-0.2, 0) is 22.0 Å². The van der Waals surface area contributed by atoms with Gasteiger partial charge in [0.15, 0.2) is 0 Å². The van der Waals surface area contributed by atoms with Gasteiger partial charge in [-0.25, -0.2) is 9.48 Å². The number of hydrogen-bond donors (Lipinski definition) is 3. The standard InChI is InChI=1S/C34H41N5O6S/c1-21-11-13-26(14-12-21)39-29(20-28(37-39)34(4,5)6)36-33(41)35-27-10-8-7-9-25(27)19-24-15-17-38(18-16-24)32(40)30-22(2)45-23(3)31(30)46(42,43)44/h7-14,20,24H,15-19H2,1-6H3,(H2,35,36,41)(H,42,43,44). The van der Waals surface area contributed by atoms with E-state index in [1.54, 1.807) is 9.58 Å².